The molecular weight excluding hydrogens is 246 g/mol. The van der Waals surface area contributed by atoms with Gasteiger partial charge in [0.1, 0.15) is 0 Å². The van der Waals surface area contributed by atoms with Gasteiger partial charge in [-0.25, -0.2) is 0 Å². The highest BCUT2D eigenvalue weighted by atomic mass is 16.2. The van der Waals surface area contributed by atoms with Gasteiger partial charge in [0.2, 0.25) is 0 Å². The highest BCUT2D eigenvalue weighted by molar-refractivity contribution is 5.94. The number of primary amides is 2. The summed E-state index contributed by atoms with van der Waals surface area (Å²) in [5.41, 5.74) is 10.2. The highest BCUT2D eigenvalue weighted by Gasteiger charge is 2.39. The van der Waals surface area contributed by atoms with Gasteiger partial charge >= 0.3 is 0 Å². The minimum absolute atomic E-state index is 0.175. The van der Waals surface area contributed by atoms with Gasteiger partial charge in [0, 0.05) is 24.9 Å². The quantitative estimate of drug-likeness (QED) is 0.518. The molecule has 0 spiro atoms. The molecule has 1 aromatic rings. The second kappa shape index (κ2) is 5.07. The van der Waals surface area contributed by atoms with Crippen LogP contribution in [0.25, 0.3) is 0 Å². The third kappa shape index (κ3) is 2.71. The molecule has 0 aliphatic carbocycles. The molecule has 0 saturated heterocycles. The van der Waals surface area contributed by atoms with E-state index in [4.69, 9.17) is 11.5 Å². The molecular formula is C12H15N5O2. The van der Waals surface area contributed by atoms with Crippen molar-refractivity contribution in [1.82, 2.24) is 15.6 Å². The van der Waals surface area contributed by atoms with E-state index in [1.165, 1.54) is 0 Å². The topological polar surface area (TPSA) is 123 Å². The van der Waals surface area contributed by atoms with E-state index in [2.05, 4.69) is 15.6 Å². The fraction of sp³-hybridized carbons (Fsp3) is 0.250. The van der Waals surface area contributed by atoms with E-state index < -0.39 is 17.5 Å². The lowest BCUT2D eigenvalue weighted by atomic mass is 9.99. The van der Waals surface area contributed by atoms with Crippen molar-refractivity contribution in [3.63, 3.8) is 0 Å². The standard InChI is InChI=1S/C12H15N5O2/c13-10(18)9-4-6-16-12(17-9,11(14)19)7-8-3-1-2-5-15-8/h1-5,16-17H,6-7H2,(H2,13,18)(H2,14,19). The fourth-order valence-corrected chi connectivity index (χ4v) is 1.93. The van der Waals surface area contributed by atoms with Gasteiger partial charge in [0.25, 0.3) is 11.8 Å². The lowest BCUT2D eigenvalue weighted by Crippen LogP contribution is -2.68. The minimum Gasteiger partial charge on any atom is -0.366 e. The highest BCUT2D eigenvalue weighted by Crippen LogP contribution is 2.14. The lowest BCUT2D eigenvalue weighted by molar-refractivity contribution is -0.126. The van der Waals surface area contributed by atoms with Crippen molar-refractivity contribution in [1.29, 1.82) is 0 Å². The molecule has 0 radical (unpaired) electrons. The van der Waals surface area contributed by atoms with E-state index in [-0.39, 0.29) is 12.1 Å². The molecule has 0 bridgehead atoms. The second-order valence-corrected chi connectivity index (χ2v) is 4.26. The van der Waals surface area contributed by atoms with Gasteiger partial charge in [-0.2, -0.15) is 0 Å². The third-order valence-electron chi connectivity index (χ3n) is 2.92. The fourth-order valence-electron chi connectivity index (χ4n) is 1.93. The van der Waals surface area contributed by atoms with Crippen LogP contribution in [0.5, 0.6) is 0 Å². The Hall–Kier alpha value is -2.41. The number of amides is 2. The van der Waals surface area contributed by atoms with Crippen molar-refractivity contribution >= 4 is 11.8 Å². The Balaban J connectivity index is 2.27. The van der Waals surface area contributed by atoms with Crippen LogP contribution in [0, 0.1) is 0 Å². The summed E-state index contributed by atoms with van der Waals surface area (Å²) in [7, 11) is 0. The lowest BCUT2D eigenvalue weighted by Gasteiger charge is -2.36. The molecule has 1 aromatic heterocycles. The molecule has 100 valence electrons. The van der Waals surface area contributed by atoms with E-state index >= 15 is 0 Å². The van der Waals surface area contributed by atoms with Crippen molar-refractivity contribution in [2.24, 2.45) is 11.5 Å². The van der Waals surface area contributed by atoms with Crippen molar-refractivity contribution in [3.8, 4) is 0 Å². The molecule has 1 aliphatic rings. The first-order valence-corrected chi connectivity index (χ1v) is 5.76. The van der Waals surface area contributed by atoms with Crippen LogP contribution in [0.1, 0.15) is 5.69 Å². The maximum Gasteiger partial charge on any atom is 0.264 e. The van der Waals surface area contributed by atoms with Gasteiger partial charge < -0.3 is 16.8 Å². The molecule has 2 rings (SSSR count). The van der Waals surface area contributed by atoms with Crippen LogP contribution in [0.15, 0.2) is 36.2 Å². The molecule has 1 atom stereocenters. The number of nitrogens with two attached hydrogens (primary N) is 2. The zero-order valence-electron chi connectivity index (χ0n) is 10.2. The molecule has 7 heteroatoms. The summed E-state index contributed by atoms with van der Waals surface area (Å²) < 4.78 is 0. The summed E-state index contributed by atoms with van der Waals surface area (Å²) in [5.74, 6) is -1.25. The first kappa shape index (κ1) is 13.0. The number of nitrogens with zero attached hydrogens (tertiary/aromatic N) is 1. The van der Waals surface area contributed by atoms with Crippen molar-refractivity contribution < 1.29 is 9.59 Å². The van der Waals surface area contributed by atoms with Crippen LogP contribution in [-0.4, -0.2) is 29.0 Å². The van der Waals surface area contributed by atoms with Crippen molar-refractivity contribution in [2.45, 2.75) is 12.1 Å². The molecule has 1 aliphatic heterocycles. The number of hydrogen-bond donors (Lipinski definition) is 4. The summed E-state index contributed by atoms with van der Waals surface area (Å²) in [6, 6.07) is 5.36. The van der Waals surface area contributed by atoms with Gasteiger partial charge in [-0.3, -0.25) is 19.9 Å². The Morgan fingerprint density at radius 3 is 2.74 bits per heavy atom. The number of carbonyl (C=O) groups excluding carboxylic acids is 2. The third-order valence-corrected chi connectivity index (χ3v) is 2.92. The van der Waals surface area contributed by atoms with Crippen LogP contribution in [0.3, 0.4) is 0 Å². The van der Waals surface area contributed by atoms with Gasteiger partial charge in [-0.15, -0.1) is 0 Å². The Morgan fingerprint density at radius 2 is 2.16 bits per heavy atom. The molecule has 0 saturated carbocycles. The molecule has 0 aromatic carbocycles. The Labute approximate surface area is 110 Å². The maximum atomic E-state index is 11.7. The number of aromatic nitrogens is 1. The van der Waals surface area contributed by atoms with Crippen molar-refractivity contribution in [2.75, 3.05) is 6.54 Å². The zero-order chi connectivity index (χ0) is 13.9. The monoisotopic (exact) mass is 261 g/mol. The number of carbonyl (C=O) groups is 2. The largest absolute Gasteiger partial charge is 0.366 e. The van der Waals surface area contributed by atoms with Gasteiger partial charge in [0.05, 0.1) is 5.70 Å². The number of nitrogens with one attached hydrogen (secondary N) is 2. The van der Waals surface area contributed by atoms with Crippen LogP contribution in [0.4, 0.5) is 0 Å². The smallest absolute Gasteiger partial charge is 0.264 e. The Morgan fingerprint density at radius 1 is 1.37 bits per heavy atom. The summed E-state index contributed by atoms with van der Waals surface area (Å²) in [6.07, 6.45) is 3.41. The van der Waals surface area contributed by atoms with E-state index in [0.717, 1.165) is 0 Å². The van der Waals surface area contributed by atoms with Crippen LogP contribution < -0.4 is 22.1 Å². The van der Waals surface area contributed by atoms with E-state index in [1.54, 1.807) is 24.4 Å². The predicted octanol–water partition coefficient (Wildman–Crippen LogP) is -1.63. The zero-order valence-corrected chi connectivity index (χ0v) is 10.2. The first-order chi connectivity index (χ1) is 9.03. The molecule has 2 amide bonds. The van der Waals surface area contributed by atoms with E-state index in [9.17, 15) is 9.59 Å². The van der Waals surface area contributed by atoms with Crippen molar-refractivity contribution in [3.05, 3.63) is 41.9 Å². The normalized spacial score (nSPS) is 22.2. The Bertz CT molecular complexity index is 528. The second-order valence-electron chi connectivity index (χ2n) is 4.26. The van der Waals surface area contributed by atoms with Gasteiger partial charge in [0.15, 0.2) is 5.66 Å². The maximum absolute atomic E-state index is 11.7. The SMILES string of the molecule is NC(=O)C1=CCNC(Cc2ccccn2)(C(N)=O)N1. The van der Waals surface area contributed by atoms with Crippen LogP contribution in [0.2, 0.25) is 0 Å². The van der Waals surface area contributed by atoms with Crippen LogP contribution >= 0.6 is 0 Å². The summed E-state index contributed by atoms with van der Waals surface area (Å²) >= 11 is 0. The molecule has 1 unspecified atom stereocenters. The molecule has 0 fully saturated rings. The predicted molar refractivity (Wildman–Crippen MR) is 68.3 cm³/mol. The molecule has 2 heterocycles. The summed E-state index contributed by atoms with van der Waals surface area (Å²) in [6.45, 7) is 0.320. The average Bonchev–Trinajstić information content (AvgIpc) is 2.40. The van der Waals surface area contributed by atoms with E-state index in [0.29, 0.717) is 12.2 Å². The Kier molecular flexibility index (Phi) is 3.48. The van der Waals surface area contributed by atoms with Crippen LogP contribution in [-0.2, 0) is 16.0 Å². The summed E-state index contributed by atoms with van der Waals surface area (Å²) in [5, 5.41) is 5.73. The summed E-state index contributed by atoms with van der Waals surface area (Å²) in [4.78, 5) is 27.1. The molecule has 6 N–H and O–H groups in total. The number of pyridine rings is 1. The van der Waals surface area contributed by atoms with Gasteiger partial charge in [-0.1, -0.05) is 6.07 Å². The average molecular weight is 261 g/mol. The molecule has 7 nitrogen and oxygen atoms in total. The first-order valence-electron chi connectivity index (χ1n) is 5.76. The number of hydrogen-bond acceptors (Lipinski definition) is 5. The number of rotatable bonds is 4. The van der Waals surface area contributed by atoms with E-state index in [1.807, 2.05) is 6.07 Å². The minimum atomic E-state index is -1.26. The molecule has 19 heavy (non-hydrogen) atoms. The van der Waals surface area contributed by atoms with Gasteiger partial charge in [-0.05, 0) is 18.2 Å².